The van der Waals surface area contributed by atoms with Gasteiger partial charge >= 0.3 is 0 Å². The van der Waals surface area contributed by atoms with Crippen molar-refractivity contribution in [3.8, 4) is 0 Å². The Bertz CT molecular complexity index is 686. The van der Waals surface area contributed by atoms with E-state index in [-0.39, 0.29) is 12.3 Å². The number of aromatic nitrogens is 4. The Morgan fingerprint density at radius 3 is 2.95 bits per heavy atom. The largest absolute Gasteiger partial charge is 0.361 e. The van der Waals surface area contributed by atoms with Crippen molar-refractivity contribution in [1.82, 2.24) is 25.2 Å². The van der Waals surface area contributed by atoms with Gasteiger partial charge in [0.1, 0.15) is 11.6 Å². The molecule has 1 aliphatic rings. The second-order valence-electron chi connectivity index (χ2n) is 6.33. The van der Waals surface area contributed by atoms with E-state index < -0.39 is 5.54 Å². The second-order valence-corrected chi connectivity index (χ2v) is 6.33. The number of rotatable bonds is 4. The van der Waals surface area contributed by atoms with Crippen molar-refractivity contribution >= 4 is 5.91 Å². The van der Waals surface area contributed by atoms with Crippen LogP contribution < -0.4 is 5.32 Å². The van der Waals surface area contributed by atoms with Gasteiger partial charge in [-0.05, 0) is 33.6 Å². The summed E-state index contributed by atoms with van der Waals surface area (Å²) in [6, 6.07) is 1.77. The lowest BCUT2D eigenvalue weighted by atomic mass is 10.0. The van der Waals surface area contributed by atoms with Gasteiger partial charge in [-0.1, -0.05) is 5.16 Å². The molecule has 7 nitrogen and oxygen atoms in total. The molecule has 1 aliphatic heterocycles. The lowest BCUT2D eigenvalue weighted by Gasteiger charge is -2.27. The molecule has 7 heteroatoms. The van der Waals surface area contributed by atoms with Gasteiger partial charge in [0.05, 0.1) is 17.7 Å². The molecule has 3 heterocycles. The highest BCUT2D eigenvalue weighted by molar-refractivity contribution is 5.78. The third kappa shape index (κ3) is 2.88. The highest BCUT2D eigenvalue weighted by Gasteiger charge is 2.31. The van der Waals surface area contributed by atoms with Crippen LogP contribution in [0.5, 0.6) is 0 Å². The lowest BCUT2D eigenvalue weighted by molar-refractivity contribution is -0.122. The van der Waals surface area contributed by atoms with Crippen molar-refractivity contribution in [1.29, 1.82) is 0 Å². The smallest absolute Gasteiger partial charge is 0.228 e. The minimum absolute atomic E-state index is 0.116. The Morgan fingerprint density at radius 2 is 2.23 bits per heavy atom. The van der Waals surface area contributed by atoms with Crippen molar-refractivity contribution in [3.05, 3.63) is 29.2 Å². The normalized spacial score (nSPS) is 14.7. The van der Waals surface area contributed by atoms with E-state index >= 15 is 0 Å². The zero-order chi connectivity index (χ0) is 15.7. The van der Waals surface area contributed by atoms with Gasteiger partial charge in [0, 0.05) is 19.0 Å². The molecule has 0 atom stereocenters. The first-order chi connectivity index (χ1) is 10.5. The van der Waals surface area contributed by atoms with E-state index in [2.05, 4.69) is 25.2 Å². The highest BCUT2D eigenvalue weighted by Crippen LogP contribution is 2.23. The zero-order valence-electron chi connectivity index (χ0n) is 13.2. The molecule has 0 saturated carbocycles. The van der Waals surface area contributed by atoms with Gasteiger partial charge in [-0.25, -0.2) is 0 Å². The first-order valence-corrected chi connectivity index (χ1v) is 7.61. The van der Waals surface area contributed by atoms with Crippen LogP contribution in [0.15, 0.2) is 10.6 Å². The fraction of sp³-hybridized carbons (Fsp3) is 0.600. The van der Waals surface area contributed by atoms with E-state index in [1.807, 2.05) is 20.8 Å². The molecule has 1 N–H and O–H groups in total. The van der Waals surface area contributed by atoms with Crippen molar-refractivity contribution in [2.45, 2.75) is 58.5 Å². The minimum atomic E-state index is -0.575. The van der Waals surface area contributed by atoms with Crippen molar-refractivity contribution in [3.63, 3.8) is 0 Å². The van der Waals surface area contributed by atoms with Gasteiger partial charge in [0.15, 0.2) is 5.82 Å². The van der Waals surface area contributed by atoms with Crippen LogP contribution >= 0.6 is 0 Å². The second kappa shape index (κ2) is 5.55. The van der Waals surface area contributed by atoms with Crippen LogP contribution in [-0.4, -0.2) is 25.8 Å². The molecule has 0 radical (unpaired) electrons. The molecule has 0 unspecified atom stereocenters. The summed E-state index contributed by atoms with van der Waals surface area (Å²) < 4.78 is 7.21. The predicted molar refractivity (Wildman–Crippen MR) is 79.1 cm³/mol. The molecule has 2 aromatic heterocycles. The Hall–Kier alpha value is -2.18. The van der Waals surface area contributed by atoms with Gasteiger partial charge in [0.25, 0.3) is 0 Å². The third-order valence-electron chi connectivity index (χ3n) is 3.88. The number of nitrogens with zero attached hydrogens (tertiary/aromatic N) is 4. The standard InChI is InChI=1S/C15H21N5O2/c1-10-8-11(22-19-10)9-13(21)16-15(2,3)14-18-17-12-6-4-5-7-20(12)14/h8H,4-7,9H2,1-3H3,(H,16,21). The molecular formula is C15H21N5O2. The van der Waals surface area contributed by atoms with Crippen LogP contribution in [-0.2, 0) is 29.7 Å². The Labute approximate surface area is 129 Å². The monoisotopic (exact) mass is 303 g/mol. The average Bonchev–Trinajstić information content (AvgIpc) is 3.04. The summed E-state index contributed by atoms with van der Waals surface area (Å²) in [5, 5.41) is 15.4. The molecule has 0 bridgehead atoms. The van der Waals surface area contributed by atoms with Crippen LogP contribution in [0.2, 0.25) is 0 Å². The maximum absolute atomic E-state index is 12.2. The summed E-state index contributed by atoms with van der Waals surface area (Å²) in [6.07, 6.45) is 3.40. The van der Waals surface area contributed by atoms with Crippen LogP contribution in [0.4, 0.5) is 0 Å². The third-order valence-corrected chi connectivity index (χ3v) is 3.88. The number of amides is 1. The van der Waals surface area contributed by atoms with Gasteiger partial charge in [0.2, 0.25) is 5.91 Å². The predicted octanol–water partition coefficient (Wildman–Crippen LogP) is 1.50. The Morgan fingerprint density at radius 1 is 1.41 bits per heavy atom. The molecule has 22 heavy (non-hydrogen) atoms. The molecule has 0 fully saturated rings. The first kappa shape index (κ1) is 14.7. The highest BCUT2D eigenvalue weighted by atomic mass is 16.5. The van der Waals surface area contributed by atoms with Crippen LogP contribution in [0.3, 0.4) is 0 Å². The van der Waals surface area contributed by atoms with Gasteiger partial charge in [-0.2, -0.15) is 0 Å². The van der Waals surface area contributed by atoms with Crippen molar-refractivity contribution in [2.75, 3.05) is 0 Å². The van der Waals surface area contributed by atoms with Gasteiger partial charge in [-0.3, -0.25) is 4.79 Å². The number of hydrogen-bond donors (Lipinski definition) is 1. The van der Waals surface area contributed by atoms with E-state index in [0.717, 1.165) is 43.1 Å². The summed E-state index contributed by atoms with van der Waals surface area (Å²) in [4.78, 5) is 12.2. The molecule has 0 aliphatic carbocycles. The zero-order valence-corrected chi connectivity index (χ0v) is 13.2. The summed E-state index contributed by atoms with van der Waals surface area (Å²) >= 11 is 0. The van der Waals surface area contributed by atoms with E-state index in [0.29, 0.717) is 5.76 Å². The van der Waals surface area contributed by atoms with E-state index in [1.54, 1.807) is 6.07 Å². The Balaban J connectivity index is 1.72. The maximum atomic E-state index is 12.2. The van der Waals surface area contributed by atoms with Crippen LogP contribution in [0.1, 0.15) is 49.8 Å². The van der Waals surface area contributed by atoms with Crippen molar-refractivity contribution < 1.29 is 9.32 Å². The quantitative estimate of drug-likeness (QED) is 0.925. The SMILES string of the molecule is Cc1cc(CC(=O)NC(C)(C)c2nnc3n2CCCC3)on1. The molecule has 118 valence electrons. The van der Waals surface area contributed by atoms with E-state index in [1.165, 1.54) is 0 Å². The fourth-order valence-electron chi connectivity index (χ4n) is 2.88. The summed E-state index contributed by atoms with van der Waals surface area (Å²) in [5.74, 6) is 2.27. The van der Waals surface area contributed by atoms with E-state index in [9.17, 15) is 4.79 Å². The molecule has 0 aromatic carbocycles. The number of fused-ring (bicyclic) bond motifs is 1. The topological polar surface area (TPSA) is 85.8 Å². The number of nitrogens with one attached hydrogen (secondary N) is 1. The van der Waals surface area contributed by atoms with Crippen molar-refractivity contribution in [2.24, 2.45) is 0 Å². The summed E-state index contributed by atoms with van der Waals surface area (Å²) in [7, 11) is 0. The fourth-order valence-corrected chi connectivity index (χ4v) is 2.88. The number of aryl methyl sites for hydroxylation is 2. The molecule has 0 saturated heterocycles. The molecular weight excluding hydrogens is 282 g/mol. The van der Waals surface area contributed by atoms with E-state index in [4.69, 9.17) is 4.52 Å². The van der Waals surface area contributed by atoms with Gasteiger partial charge in [-0.15, -0.1) is 10.2 Å². The van der Waals surface area contributed by atoms with Crippen LogP contribution in [0.25, 0.3) is 0 Å². The first-order valence-electron chi connectivity index (χ1n) is 7.61. The van der Waals surface area contributed by atoms with Gasteiger partial charge < -0.3 is 14.4 Å². The maximum Gasteiger partial charge on any atom is 0.228 e. The number of hydrogen-bond acceptors (Lipinski definition) is 5. The Kier molecular flexibility index (Phi) is 3.72. The summed E-state index contributed by atoms with van der Waals surface area (Å²) in [6.45, 7) is 6.64. The van der Waals surface area contributed by atoms with Crippen LogP contribution in [0, 0.1) is 6.92 Å². The average molecular weight is 303 g/mol. The molecule has 2 aromatic rings. The minimum Gasteiger partial charge on any atom is -0.361 e. The lowest BCUT2D eigenvalue weighted by Crippen LogP contribution is -2.44. The molecule has 0 spiro atoms. The summed E-state index contributed by atoms with van der Waals surface area (Å²) in [5.41, 5.74) is 0.197. The number of carbonyl (C=O) groups is 1. The number of carbonyl (C=O) groups excluding carboxylic acids is 1. The molecule has 3 rings (SSSR count). The molecule has 1 amide bonds.